The first-order chi connectivity index (χ1) is 10.7. The molecule has 0 aliphatic rings. The van der Waals surface area contributed by atoms with Crippen molar-refractivity contribution in [1.82, 2.24) is 14.9 Å². The normalized spacial score (nSPS) is 12.5. The van der Waals surface area contributed by atoms with Crippen LogP contribution in [-0.2, 0) is 11.3 Å². The van der Waals surface area contributed by atoms with Crippen molar-refractivity contribution in [2.24, 2.45) is 0 Å². The molecule has 0 saturated heterocycles. The van der Waals surface area contributed by atoms with Crippen LogP contribution < -0.4 is 5.32 Å². The maximum Gasteiger partial charge on any atom is 0.230 e. The van der Waals surface area contributed by atoms with Crippen molar-refractivity contribution in [3.63, 3.8) is 0 Å². The number of aliphatic hydroxyl groups is 1. The molecule has 22 heavy (non-hydrogen) atoms. The molecule has 2 N–H and O–H groups in total. The topological polar surface area (TPSA) is 67.2 Å². The summed E-state index contributed by atoms with van der Waals surface area (Å²) in [6, 6.07) is 7.99. The second-order valence-electron chi connectivity index (χ2n) is 5.12. The van der Waals surface area contributed by atoms with Crippen LogP contribution >= 0.6 is 11.8 Å². The van der Waals surface area contributed by atoms with Crippen molar-refractivity contribution in [3.8, 4) is 0 Å². The van der Waals surface area contributed by atoms with Gasteiger partial charge in [0.15, 0.2) is 5.16 Å². The average molecular weight is 321 g/mol. The van der Waals surface area contributed by atoms with Gasteiger partial charge in [-0.1, -0.05) is 30.8 Å². The number of aromatic nitrogens is 2. The fourth-order valence-corrected chi connectivity index (χ4v) is 3.14. The second-order valence-corrected chi connectivity index (χ2v) is 6.06. The number of carbonyl (C=O) groups is 1. The predicted octanol–water partition coefficient (Wildman–Crippen LogP) is 2.43. The molecule has 1 atom stereocenters. The van der Waals surface area contributed by atoms with Crippen molar-refractivity contribution in [2.45, 2.75) is 44.5 Å². The molecule has 1 heterocycles. The number of para-hydroxylation sites is 2. The van der Waals surface area contributed by atoms with Gasteiger partial charge in [0.1, 0.15) is 0 Å². The highest BCUT2D eigenvalue weighted by molar-refractivity contribution is 7.99. The predicted molar refractivity (Wildman–Crippen MR) is 90.1 cm³/mol. The number of rotatable bonds is 8. The summed E-state index contributed by atoms with van der Waals surface area (Å²) >= 11 is 1.45. The van der Waals surface area contributed by atoms with E-state index in [-0.39, 0.29) is 12.0 Å². The number of aryl methyl sites for hydroxylation is 1. The Kier molecular flexibility index (Phi) is 6.27. The molecule has 1 amide bonds. The number of hydrogen-bond acceptors (Lipinski definition) is 4. The first-order valence-corrected chi connectivity index (χ1v) is 8.67. The average Bonchev–Trinajstić information content (AvgIpc) is 2.90. The summed E-state index contributed by atoms with van der Waals surface area (Å²) in [5.74, 6) is 0.314. The highest BCUT2D eigenvalue weighted by atomic mass is 32.2. The number of nitrogens with zero attached hydrogens (tertiary/aromatic N) is 2. The van der Waals surface area contributed by atoms with Gasteiger partial charge in [-0.2, -0.15) is 0 Å². The number of amides is 1. The van der Waals surface area contributed by atoms with E-state index in [1.54, 1.807) is 0 Å². The molecule has 0 radical (unpaired) electrons. The van der Waals surface area contributed by atoms with E-state index in [0.717, 1.165) is 22.7 Å². The Morgan fingerprint density at radius 1 is 1.41 bits per heavy atom. The van der Waals surface area contributed by atoms with Gasteiger partial charge in [-0.15, -0.1) is 0 Å². The molecule has 0 bridgehead atoms. The number of carbonyl (C=O) groups excluding carboxylic acids is 1. The van der Waals surface area contributed by atoms with Crippen LogP contribution in [0.15, 0.2) is 29.4 Å². The molecule has 2 rings (SSSR count). The number of imidazole rings is 1. The lowest BCUT2D eigenvalue weighted by atomic mass is 10.2. The maximum absolute atomic E-state index is 11.9. The summed E-state index contributed by atoms with van der Waals surface area (Å²) in [5, 5.41) is 13.2. The number of thioether (sulfide) groups is 1. The van der Waals surface area contributed by atoms with Crippen LogP contribution in [0.5, 0.6) is 0 Å². The van der Waals surface area contributed by atoms with Crippen molar-refractivity contribution in [3.05, 3.63) is 24.3 Å². The molecule has 1 aromatic heterocycles. The molecule has 6 heteroatoms. The largest absolute Gasteiger partial charge is 0.393 e. The van der Waals surface area contributed by atoms with E-state index in [1.165, 1.54) is 11.8 Å². The van der Waals surface area contributed by atoms with E-state index in [2.05, 4.69) is 21.8 Å². The minimum atomic E-state index is -0.336. The van der Waals surface area contributed by atoms with Crippen LogP contribution in [0.1, 0.15) is 26.7 Å². The van der Waals surface area contributed by atoms with Gasteiger partial charge in [-0.3, -0.25) is 4.79 Å². The lowest BCUT2D eigenvalue weighted by Crippen LogP contribution is -2.28. The van der Waals surface area contributed by atoms with Gasteiger partial charge in [-0.05, 0) is 31.9 Å². The third kappa shape index (κ3) is 4.24. The minimum Gasteiger partial charge on any atom is -0.393 e. The zero-order valence-electron chi connectivity index (χ0n) is 13.1. The molecule has 0 aliphatic heterocycles. The molecule has 2 aromatic rings. The Labute approximate surface area is 135 Å². The van der Waals surface area contributed by atoms with E-state index in [9.17, 15) is 9.90 Å². The van der Waals surface area contributed by atoms with Crippen molar-refractivity contribution in [1.29, 1.82) is 0 Å². The van der Waals surface area contributed by atoms with Crippen molar-refractivity contribution >= 4 is 28.7 Å². The summed E-state index contributed by atoms with van der Waals surface area (Å²) in [5.41, 5.74) is 2.05. The molecule has 0 spiro atoms. The van der Waals surface area contributed by atoms with Crippen molar-refractivity contribution in [2.75, 3.05) is 12.3 Å². The highest BCUT2D eigenvalue weighted by Crippen LogP contribution is 2.23. The van der Waals surface area contributed by atoms with Crippen LogP contribution in [0.3, 0.4) is 0 Å². The highest BCUT2D eigenvalue weighted by Gasteiger charge is 2.11. The van der Waals surface area contributed by atoms with E-state index in [4.69, 9.17) is 0 Å². The summed E-state index contributed by atoms with van der Waals surface area (Å²) in [6.07, 6.45) is 0.975. The molecular weight excluding hydrogens is 298 g/mol. The van der Waals surface area contributed by atoms with Crippen LogP contribution in [0, 0.1) is 0 Å². The Morgan fingerprint density at radius 3 is 2.91 bits per heavy atom. The minimum absolute atomic E-state index is 0.0250. The molecule has 1 aromatic carbocycles. The SMILES string of the molecule is CCC(O)CCNC(=O)CSc1nc2ccccc2n1CC. The van der Waals surface area contributed by atoms with Crippen LogP contribution in [-0.4, -0.2) is 39.0 Å². The summed E-state index contributed by atoms with van der Waals surface area (Å²) in [7, 11) is 0. The molecular formula is C16H23N3O2S. The van der Waals surface area contributed by atoms with Gasteiger partial charge in [0.2, 0.25) is 5.91 Å². The summed E-state index contributed by atoms with van der Waals surface area (Å²) in [6.45, 7) is 5.34. The third-order valence-electron chi connectivity index (χ3n) is 3.54. The van der Waals surface area contributed by atoms with Gasteiger partial charge in [0.25, 0.3) is 0 Å². The van der Waals surface area contributed by atoms with E-state index >= 15 is 0 Å². The quantitative estimate of drug-likeness (QED) is 0.733. The third-order valence-corrected chi connectivity index (χ3v) is 4.52. The Morgan fingerprint density at radius 2 is 2.18 bits per heavy atom. The Bertz CT molecular complexity index is 627. The number of benzene rings is 1. The molecule has 1 unspecified atom stereocenters. The summed E-state index contributed by atoms with van der Waals surface area (Å²) in [4.78, 5) is 16.4. The molecule has 120 valence electrons. The first-order valence-electron chi connectivity index (χ1n) is 7.68. The lowest BCUT2D eigenvalue weighted by molar-refractivity contribution is -0.118. The second kappa shape index (κ2) is 8.19. The molecule has 0 aliphatic carbocycles. The Balaban J connectivity index is 1.90. The number of nitrogens with one attached hydrogen (secondary N) is 1. The van der Waals surface area contributed by atoms with Gasteiger partial charge in [-0.25, -0.2) is 4.98 Å². The maximum atomic E-state index is 11.9. The number of fused-ring (bicyclic) bond motifs is 1. The molecule has 0 saturated carbocycles. The number of aliphatic hydroxyl groups excluding tert-OH is 1. The van der Waals surface area contributed by atoms with Crippen LogP contribution in [0.25, 0.3) is 11.0 Å². The number of hydrogen-bond donors (Lipinski definition) is 2. The van der Waals surface area contributed by atoms with Gasteiger partial charge < -0.3 is 15.0 Å². The van der Waals surface area contributed by atoms with E-state index in [0.29, 0.717) is 25.1 Å². The van der Waals surface area contributed by atoms with E-state index in [1.807, 2.05) is 31.2 Å². The molecule has 5 nitrogen and oxygen atoms in total. The standard InChI is InChI=1S/C16H23N3O2S/c1-3-12(20)9-10-17-15(21)11-22-16-18-13-7-5-6-8-14(13)19(16)4-2/h5-8,12,20H,3-4,9-11H2,1-2H3,(H,17,21). The zero-order valence-corrected chi connectivity index (χ0v) is 13.9. The smallest absolute Gasteiger partial charge is 0.230 e. The van der Waals surface area contributed by atoms with Crippen molar-refractivity contribution < 1.29 is 9.90 Å². The monoisotopic (exact) mass is 321 g/mol. The van der Waals surface area contributed by atoms with Crippen LogP contribution in [0.4, 0.5) is 0 Å². The fraction of sp³-hybridized carbons (Fsp3) is 0.500. The van der Waals surface area contributed by atoms with Gasteiger partial charge in [0.05, 0.1) is 22.9 Å². The summed E-state index contributed by atoms with van der Waals surface area (Å²) < 4.78 is 2.12. The first kappa shape index (κ1) is 16.8. The zero-order chi connectivity index (χ0) is 15.9. The van der Waals surface area contributed by atoms with E-state index < -0.39 is 0 Å². The van der Waals surface area contributed by atoms with Crippen LogP contribution in [0.2, 0.25) is 0 Å². The molecule has 0 fully saturated rings. The van der Waals surface area contributed by atoms with Gasteiger partial charge >= 0.3 is 0 Å². The Hall–Kier alpha value is -1.53. The lowest BCUT2D eigenvalue weighted by Gasteiger charge is -2.09. The van der Waals surface area contributed by atoms with Gasteiger partial charge in [0, 0.05) is 13.1 Å². The fourth-order valence-electron chi connectivity index (χ4n) is 2.23.